The summed E-state index contributed by atoms with van der Waals surface area (Å²) in [4.78, 5) is 0. The zero-order valence-electron chi connectivity index (χ0n) is 7.11. The van der Waals surface area contributed by atoms with Gasteiger partial charge in [0.15, 0.2) is 0 Å². The van der Waals surface area contributed by atoms with Gasteiger partial charge in [-0.25, -0.2) is 0 Å². The van der Waals surface area contributed by atoms with Crippen molar-refractivity contribution in [3.8, 4) is 0 Å². The van der Waals surface area contributed by atoms with Crippen molar-refractivity contribution in [2.24, 2.45) is 0 Å². The van der Waals surface area contributed by atoms with Crippen LogP contribution in [0.15, 0.2) is 0 Å². The van der Waals surface area contributed by atoms with E-state index in [1.54, 1.807) is 0 Å². The van der Waals surface area contributed by atoms with E-state index in [1.165, 1.54) is 19.5 Å². The van der Waals surface area contributed by atoms with Crippen molar-refractivity contribution in [1.29, 1.82) is 0 Å². The maximum absolute atomic E-state index is 3.37. The Morgan fingerprint density at radius 1 is 1.40 bits per heavy atom. The van der Waals surface area contributed by atoms with Crippen LogP contribution in [0.3, 0.4) is 0 Å². The first-order valence-electron chi connectivity index (χ1n) is 3.96. The third-order valence-electron chi connectivity index (χ3n) is 1.54. The van der Waals surface area contributed by atoms with E-state index in [9.17, 15) is 0 Å². The van der Waals surface area contributed by atoms with Gasteiger partial charge >= 0.3 is 0 Å². The Hall–Kier alpha value is 0.310. The van der Waals surface area contributed by atoms with Gasteiger partial charge < -0.3 is 5.32 Å². The third kappa shape index (κ3) is 2.93. The molecule has 0 bridgehead atoms. The molecule has 1 N–H and O–H groups in total. The average Bonchev–Trinajstić information content (AvgIpc) is 2.12. The summed E-state index contributed by atoms with van der Waals surface area (Å²) in [6, 6.07) is 0. The lowest BCUT2D eigenvalue weighted by atomic mass is 10.3. The Kier molecular flexibility index (Phi) is 2.64. The van der Waals surface area contributed by atoms with E-state index < -0.39 is 0 Å². The first-order chi connectivity index (χ1) is 4.58. The van der Waals surface area contributed by atoms with E-state index >= 15 is 0 Å². The molecular weight excluding hydrogens is 142 g/mol. The summed E-state index contributed by atoms with van der Waals surface area (Å²) in [5, 5.41) is 4.24. The number of hydrogen-bond acceptors (Lipinski definition) is 2. The lowest BCUT2D eigenvalue weighted by Gasteiger charge is -2.21. The molecule has 0 unspecified atom stereocenters. The first-order valence-corrected chi connectivity index (χ1v) is 4.84. The molecule has 2 heteroatoms. The van der Waals surface area contributed by atoms with Crippen LogP contribution in [0.1, 0.15) is 27.2 Å². The van der Waals surface area contributed by atoms with Gasteiger partial charge in [0.05, 0.1) is 0 Å². The highest BCUT2D eigenvalue weighted by Gasteiger charge is 2.21. The Balaban J connectivity index is 2.24. The summed E-state index contributed by atoms with van der Waals surface area (Å²) >= 11 is 2.10. The fraction of sp³-hybridized carbons (Fsp3) is 1.00. The van der Waals surface area contributed by atoms with Gasteiger partial charge in [-0.1, -0.05) is 20.8 Å². The van der Waals surface area contributed by atoms with Crippen molar-refractivity contribution in [3.05, 3.63) is 0 Å². The van der Waals surface area contributed by atoms with Crippen LogP contribution < -0.4 is 5.32 Å². The predicted molar refractivity (Wildman–Crippen MR) is 48.6 cm³/mol. The minimum absolute atomic E-state index is 0.441. The normalized spacial score (nSPS) is 27.3. The summed E-state index contributed by atoms with van der Waals surface area (Å²) in [7, 11) is 0. The van der Waals surface area contributed by atoms with Crippen molar-refractivity contribution >= 4 is 11.8 Å². The monoisotopic (exact) mass is 159 g/mol. The highest BCUT2D eigenvalue weighted by atomic mass is 32.2. The second-order valence-corrected chi connectivity index (χ2v) is 5.97. The SMILES string of the molecule is CC(C)(C)S[C@@H]1CCNC1. The molecular formula is C8H17NS. The quantitative estimate of drug-likeness (QED) is 0.627. The Labute approximate surface area is 68.0 Å². The van der Waals surface area contributed by atoms with Crippen LogP contribution >= 0.6 is 11.8 Å². The summed E-state index contributed by atoms with van der Waals surface area (Å²) in [5.74, 6) is 0. The molecule has 1 aliphatic heterocycles. The molecule has 10 heavy (non-hydrogen) atoms. The maximum atomic E-state index is 3.37. The van der Waals surface area contributed by atoms with E-state index in [4.69, 9.17) is 0 Å². The van der Waals surface area contributed by atoms with Crippen molar-refractivity contribution < 1.29 is 0 Å². The van der Waals surface area contributed by atoms with Crippen LogP contribution in [0, 0.1) is 0 Å². The van der Waals surface area contributed by atoms with Crippen molar-refractivity contribution in [2.75, 3.05) is 13.1 Å². The molecule has 0 aromatic heterocycles. The maximum Gasteiger partial charge on any atom is 0.0189 e. The van der Waals surface area contributed by atoms with Crippen molar-refractivity contribution in [3.63, 3.8) is 0 Å². The fourth-order valence-electron chi connectivity index (χ4n) is 1.23. The standard InChI is InChI=1S/C8H17NS/c1-8(2,3)10-7-4-5-9-6-7/h7,9H,4-6H2,1-3H3/t7-/m1/s1. The van der Waals surface area contributed by atoms with Crippen LogP contribution in [0.25, 0.3) is 0 Å². The summed E-state index contributed by atoms with van der Waals surface area (Å²) < 4.78 is 0.441. The van der Waals surface area contributed by atoms with Crippen molar-refractivity contribution in [2.45, 2.75) is 37.2 Å². The molecule has 1 rings (SSSR count). The first kappa shape index (κ1) is 8.41. The predicted octanol–water partition coefficient (Wildman–Crippen LogP) is 1.88. The molecule has 0 aliphatic carbocycles. The van der Waals surface area contributed by atoms with E-state index in [0.717, 1.165) is 5.25 Å². The lowest BCUT2D eigenvalue weighted by Crippen LogP contribution is -2.17. The van der Waals surface area contributed by atoms with Crippen LogP contribution in [-0.2, 0) is 0 Å². The van der Waals surface area contributed by atoms with Gasteiger partial charge in [-0.3, -0.25) is 0 Å². The van der Waals surface area contributed by atoms with E-state index in [2.05, 4.69) is 37.8 Å². The van der Waals surface area contributed by atoms with Gasteiger partial charge in [0.2, 0.25) is 0 Å². The highest BCUT2D eigenvalue weighted by Crippen LogP contribution is 2.30. The number of nitrogens with one attached hydrogen (secondary N) is 1. The smallest absolute Gasteiger partial charge is 0.0189 e. The minimum Gasteiger partial charge on any atom is -0.316 e. The number of thioether (sulfide) groups is 1. The molecule has 60 valence electrons. The Morgan fingerprint density at radius 3 is 2.50 bits per heavy atom. The fourth-order valence-corrected chi connectivity index (χ4v) is 2.67. The van der Waals surface area contributed by atoms with Gasteiger partial charge in [0.1, 0.15) is 0 Å². The molecule has 1 saturated heterocycles. The Morgan fingerprint density at radius 2 is 2.10 bits per heavy atom. The zero-order valence-corrected chi connectivity index (χ0v) is 7.92. The lowest BCUT2D eigenvalue weighted by molar-refractivity contribution is 0.787. The molecule has 0 amide bonds. The highest BCUT2D eigenvalue weighted by molar-refractivity contribution is 8.01. The van der Waals surface area contributed by atoms with Crippen LogP contribution in [0.5, 0.6) is 0 Å². The third-order valence-corrected chi connectivity index (χ3v) is 2.98. The van der Waals surface area contributed by atoms with Crippen LogP contribution in [0.4, 0.5) is 0 Å². The molecule has 0 radical (unpaired) electrons. The van der Waals surface area contributed by atoms with Gasteiger partial charge in [-0.05, 0) is 13.0 Å². The summed E-state index contributed by atoms with van der Waals surface area (Å²) in [5.41, 5.74) is 0. The molecule has 1 fully saturated rings. The largest absolute Gasteiger partial charge is 0.316 e. The number of rotatable bonds is 1. The van der Waals surface area contributed by atoms with Gasteiger partial charge in [0.25, 0.3) is 0 Å². The van der Waals surface area contributed by atoms with Gasteiger partial charge in [0, 0.05) is 16.5 Å². The molecule has 1 atom stereocenters. The average molecular weight is 159 g/mol. The van der Waals surface area contributed by atoms with Crippen LogP contribution in [-0.4, -0.2) is 23.1 Å². The van der Waals surface area contributed by atoms with E-state index in [0.29, 0.717) is 4.75 Å². The van der Waals surface area contributed by atoms with Gasteiger partial charge in [-0.2, -0.15) is 11.8 Å². The minimum atomic E-state index is 0.441. The molecule has 0 aromatic rings. The van der Waals surface area contributed by atoms with Gasteiger partial charge in [-0.15, -0.1) is 0 Å². The molecule has 0 saturated carbocycles. The second-order valence-electron chi connectivity index (χ2n) is 3.85. The molecule has 0 aromatic carbocycles. The Bertz CT molecular complexity index is 100. The number of hydrogen-bond donors (Lipinski definition) is 1. The van der Waals surface area contributed by atoms with E-state index in [-0.39, 0.29) is 0 Å². The molecule has 1 aliphatic rings. The summed E-state index contributed by atoms with van der Waals surface area (Å²) in [6.45, 7) is 9.29. The van der Waals surface area contributed by atoms with E-state index in [1.807, 2.05) is 0 Å². The van der Waals surface area contributed by atoms with Crippen LogP contribution in [0.2, 0.25) is 0 Å². The molecule has 0 spiro atoms. The topological polar surface area (TPSA) is 12.0 Å². The molecule has 1 heterocycles. The molecule has 1 nitrogen and oxygen atoms in total. The second kappa shape index (κ2) is 3.14. The zero-order chi connectivity index (χ0) is 7.61. The summed E-state index contributed by atoms with van der Waals surface area (Å²) in [6.07, 6.45) is 1.35. The van der Waals surface area contributed by atoms with Crippen molar-refractivity contribution in [1.82, 2.24) is 5.32 Å².